The Kier molecular flexibility index (Phi) is 5.81. The summed E-state index contributed by atoms with van der Waals surface area (Å²) in [6.07, 6.45) is 2.61. The highest BCUT2D eigenvalue weighted by atomic mass is 16.5. The van der Waals surface area contributed by atoms with Gasteiger partial charge in [-0.15, -0.1) is 0 Å². The van der Waals surface area contributed by atoms with Crippen LogP contribution in [0.15, 0.2) is 34.9 Å². The standard InChI is InChI=1S/C19H26N4O2/c1-14(2)19(24)20-16-8-10-23(11-9-16)13-18-21-17(22-25-18)12-15-6-4-3-5-7-15/h3-7,14,16H,8-13H2,1-2H3,(H,20,24). The minimum absolute atomic E-state index is 0.0412. The Morgan fingerprint density at radius 1 is 1.28 bits per heavy atom. The second-order valence-electron chi connectivity index (χ2n) is 6.98. The number of nitrogens with zero attached hydrogens (tertiary/aromatic N) is 3. The van der Waals surface area contributed by atoms with Gasteiger partial charge in [-0.3, -0.25) is 9.69 Å². The van der Waals surface area contributed by atoms with E-state index in [0.717, 1.165) is 31.8 Å². The number of carbonyl (C=O) groups excluding carboxylic acids is 1. The van der Waals surface area contributed by atoms with Crippen molar-refractivity contribution in [3.63, 3.8) is 0 Å². The molecule has 0 radical (unpaired) electrons. The number of piperidine rings is 1. The Morgan fingerprint density at radius 2 is 2.00 bits per heavy atom. The molecular weight excluding hydrogens is 316 g/mol. The summed E-state index contributed by atoms with van der Waals surface area (Å²) in [5.74, 6) is 1.57. The van der Waals surface area contributed by atoms with Gasteiger partial charge in [-0.25, -0.2) is 0 Å². The molecule has 3 rings (SSSR count). The van der Waals surface area contributed by atoms with Gasteiger partial charge in [-0.2, -0.15) is 4.98 Å². The summed E-state index contributed by atoms with van der Waals surface area (Å²) >= 11 is 0. The molecule has 1 saturated heterocycles. The molecule has 1 aromatic carbocycles. The van der Waals surface area contributed by atoms with Gasteiger partial charge in [0.2, 0.25) is 11.8 Å². The Morgan fingerprint density at radius 3 is 2.68 bits per heavy atom. The van der Waals surface area contributed by atoms with Gasteiger partial charge in [0, 0.05) is 31.5 Å². The molecule has 2 heterocycles. The topological polar surface area (TPSA) is 71.3 Å². The Hall–Kier alpha value is -2.21. The second kappa shape index (κ2) is 8.25. The molecule has 1 fully saturated rings. The molecule has 6 heteroatoms. The quantitative estimate of drug-likeness (QED) is 0.873. The van der Waals surface area contributed by atoms with Crippen molar-refractivity contribution in [2.45, 2.75) is 45.7 Å². The van der Waals surface area contributed by atoms with Crippen LogP contribution in [0.4, 0.5) is 0 Å². The molecule has 1 amide bonds. The zero-order valence-corrected chi connectivity index (χ0v) is 14.9. The molecule has 0 saturated carbocycles. The van der Waals surface area contributed by atoms with Crippen LogP contribution in [0, 0.1) is 5.92 Å². The van der Waals surface area contributed by atoms with E-state index in [2.05, 4.69) is 32.5 Å². The third kappa shape index (κ3) is 5.13. The van der Waals surface area contributed by atoms with E-state index in [9.17, 15) is 4.79 Å². The highest BCUT2D eigenvalue weighted by molar-refractivity contribution is 5.78. The first kappa shape index (κ1) is 17.6. The number of nitrogens with one attached hydrogen (secondary N) is 1. The van der Waals surface area contributed by atoms with Crippen molar-refractivity contribution in [1.29, 1.82) is 0 Å². The largest absolute Gasteiger partial charge is 0.353 e. The fraction of sp³-hybridized carbons (Fsp3) is 0.526. The number of hydrogen-bond acceptors (Lipinski definition) is 5. The summed E-state index contributed by atoms with van der Waals surface area (Å²) in [7, 11) is 0. The normalized spacial score (nSPS) is 16.3. The lowest BCUT2D eigenvalue weighted by Gasteiger charge is -2.31. The number of amides is 1. The summed E-state index contributed by atoms with van der Waals surface area (Å²) in [4.78, 5) is 18.6. The molecule has 25 heavy (non-hydrogen) atoms. The molecule has 2 aromatic rings. The lowest BCUT2D eigenvalue weighted by atomic mass is 10.0. The predicted molar refractivity (Wildman–Crippen MR) is 94.8 cm³/mol. The fourth-order valence-corrected chi connectivity index (χ4v) is 3.00. The molecule has 0 bridgehead atoms. The van der Waals surface area contributed by atoms with Gasteiger partial charge < -0.3 is 9.84 Å². The zero-order valence-electron chi connectivity index (χ0n) is 14.9. The van der Waals surface area contributed by atoms with Crippen LogP contribution in [-0.2, 0) is 17.8 Å². The zero-order chi connectivity index (χ0) is 17.6. The summed E-state index contributed by atoms with van der Waals surface area (Å²) in [5.41, 5.74) is 1.18. The van der Waals surface area contributed by atoms with E-state index in [1.54, 1.807) is 0 Å². The van der Waals surface area contributed by atoms with Crippen LogP contribution in [0.5, 0.6) is 0 Å². The van der Waals surface area contributed by atoms with E-state index in [0.29, 0.717) is 18.9 Å². The van der Waals surface area contributed by atoms with E-state index in [1.165, 1.54) is 5.56 Å². The predicted octanol–water partition coefficient (Wildman–Crippen LogP) is 2.40. The van der Waals surface area contributed by atoms with Crippen molar-refractivity contribution in [2.75, 3.05) is 13.1 Å². The van der Waals surface area contributed by atoms with E-state index in [-0.39, 0.29) is 17.9 Å². The van der Waals surface area contributed by atoms with Crippen molar-refractivity contribution >= 4 is 5.91 Å². The maximum absolute atomic E-state index is 11.8. The van der Waals surface area contributed by atoms with E-state index in [4.69, 9.17) is 4.52 Å². The van der Waals surface area contributed by atoms with Crippen LogP contribution >= 0.6 is 0 Å². The van der Waals surface area contributed by atoms with Gasteiger partial charge in [0.1, 0.15) is 0 Å². The van der Waals surface area contributed by atoms with Crippen molar-refractivity contribution in [2.24, 2.45) is 5.92 Å². The van der Waals surface area contributed by atoms with Crippen LogP contribution in [0.1, 0.15) is 44.0 Å². The fourth-order valence-electron chi connectivity index (χ4n) is 3.00. The summed E-state index contributed by atoms with van der Waals surface area (Å²) in [6, 6.07) is 10.4. The molecule has 6 nitrogen and oxygen atoms in total. The van der Waals surface area contributed by atoms with Crippen LogP contribution in [0.25, 0.3) is 0 Å². The average molecular weight is 342 g/mol. The van der Waals surface area contributed by atoms with Gasteiger partial charge in [0.25, 0.3) is 0 Å². The summed E-state index contributed by atoms with van der Waals surface area (Å²) in [5, 5.41) is 7.20. The lowest BCUT2D eigenvalue weighted by molar-refractivity contribution is -0.125. The van der Waals surface area contributed by atoms with Gasteiger partial charge >= 0.3 is 0 Å². The van der Waals surface area contributed by atoms with E-state index in [1.807, 2.05) is 32.0 Å². The number of benzene rings is 1. The highest BCUT2D eigenvalue weighted by Crippen LogP contribution is 2.14. The van der Waals surface area contributed by atoms with Gasteiger partial charge in [0.15, 0.2) is 5.82 Å². The summed E-state index contributed by atoms with van der Waals surface area (Å²) < 4.78 is 5.39. The minimum atomic E-state index is 0.0412. The number of rotatable bonds is 6. The van der Waals surface area contributed by atoms with Crippen LogP contribution in [-0.4, -0.2) is 40.1 Å². The monoisotopic (exact) mass is 342 g/mol. The average Bonchev–Trinajstić information content (AvgIpc) is 3.04. The molecule has 1 aromatic heterocycles. The molecule has 1 aliphatic heterocycles. The minimum Gasteiger partial charge on any atom is -0.353 e. The number of hydrogen-bond donors (Lipinski definition) is 1. The van der Waals surface area contributed by atoms with E-state index >= 15 is 0 Å². The van der Waals surface area contributed by atoms with Crippen LogP contribution in [0.3, 0.4) is 0 Å². The highest BCUT2D eigenvalue weighted by Gasteiger charge is 2.22. The second-order valence-corrected chi connectivity index (χ2v) is 6.98. The van der Waals surface area contributed by atoms with Crippen molar-refractivity contribution in [3.8, 4) is 0 Å². The maximum Gasteiger partial charge on any atom is 0.240 e. The first-order valence-electron chi connectivity index (χ1n) is 8.98. The Bertz CT molecular complexity index is 676. The van der Waals surface area contributed by atoms with Gasteiger partial charge in [0.05, 0.1) is 6.54 Å². The van der Waals surface area contributed by atoms with Crippen molar-refractivity contribution in [1.82, 2.24) is 20.4 Å². The lowest BCUT2D eigenvalue weighted by Crippen LogP contribution is -2.45. The molecule has 134 valence electrons. The molecule has 0 unspecified atom stereocenters. The molecular formula is C19H26N4O2. The van der Waals surface area contributed by atoms with Crippen molar-refractivity contribution in [3.05, 3.63) is 47.6 Å². The first-order valence-corrected chi connectivity index (χ1v) is 8.98. The van der Waals surface area contributed by atoms with Crippen LogP contribution in [0.2, 0.25) is 0 Å². The Balaban J connectivity index is 1.46. The van der Waals surface area contributed by atoms with Crippen molar-refractivity contribution < 1.29 is 9.32 Å². The molecule has 0 atom stereocenters. The third-order valence-electron chi connectivity index (χ3n) is 4.53. The van der Waals surface area contributed by atoms with E-state index < -0.39 is 0 Å². The SMILES string of the molecule is CC(C)C(=O)NC1CCN(Cc2nc(Cc3ccccc3)no2)CC1. The third-order valence-corrected chi connectivity index (χ3v) is 4.53. The number of aromatic nitrogens is 2. The molecule has 0 spiro atoms. The summed E-state index contributed by atoms with van der Waals surface area (Å²) in [6.45, 7) is 6.38. The Labute approximate surface area is 148 Å². The van der Waals surface area contributed by atoms with Gasteiger partial charge in [-0.05, 0) is 18.4 Å². The first-order chi connectivity index (χ1) is 12.1. The van der Waals surface area contributed by atoms with Crippen LogP contribution < -0.4 is 5.32 Å². The molecule has 0 aliphatic carbocycles. The molecule has 1 N–H and O–H groups in total. The molecule has 1 aliphatic rings. The number of carbonyl (C=O) groups is 1. The smallest absolute Gasteiger partial charge is 0.240 e. The maximum atomic E-state index is 11.8. The number of likely N-dealkylation sites (tertiary alicyclic amines) is 1. The van der Waals surface area contributed by atoms with Gasteiger partial charge in [-0.1, -0.05) is 49.3 Å².